The van der Waals surface area contributed by atoms with E-state index in [0.29, 0.717) is 11.8 Å². The molecule has 0 atom stereocenters. The smallest absolute Gasteiger partial charge is 0.251 e. The second-order valence-electron chi connectivity index (χ2n) is 3.27. The number of aromatic amines is 1. The molecule has 2 heterocycles. The number of aromatic nitrogens is 4. The van der Waals surface area contributed by atoms with Crippen molar-refractivity contribution in [1.29, 1.82) is 0 Å². The Bertz CT molecular complexity index is 571. The van der Waals surface area contributed by atoms with Crippen LogP contribution in [0.2, 0.25) is 0 Å². The van der Waals surface area contributed by atoms with Crippen LogP contribution in [0.1, 0.15) is 0 Å². The summed E-state index contributed by atoms with van der Waals surface area (Å²) in [7, 11) is 0. The monoisotopic (exact) mass is 212 g/mol. The van der Waals surface area contributed by atoms with Gasteiger partial charge in [-0.15, -0.1) is 10.2 Å². The van der Waals surface area contributed by atoms with Crippen LogP contribution in [0.5, 0.6) is 0 Å². The maximum absolute atomic E-state index is 5.53. The Kier molecular flexibility index (Phi) is 2.00. The van der Waals surface area contributed by atoms with E-state index in [2.05, 4.69) is 20.4 Å². The molecule has 1 N–H and O–H groups in total. The summed E-state index contributed by atoms with van der Waals surface area (Å²) < 4.78 is 5.53. The molecule has 0 bridgehead atoms. The van der Waals surface area contributed by atoms with Crippen LogP contribution in [0.3, 0.4) is 0 Å². The Morgan fingerprint density at radius 2 is 1.69 bits per heavy atom. The van der Waals surface area contributed by atoms with E-state index in [9.17, 15) is 0 Å². The summed E-state index contributed by atoms with van der Waals surface area (Å²) in [6.45, 7) is 0. The van der Waals surface area contributed by atoms with E-state index < -0.39 is 0 Å². The molecule has 0 spiro atoms. The zero-order valence-electron chi connectivity index (χ0n) is 8.29. The highest BCUT2D eigenvalue weighted by atomic mass is 16.4. The Labute approximate surface area is 91.1 Å². The molecular formula is C11H8N4O. The van der Waals surface area contributed by atoms with Crippen molar-refractivity contribution < 1.29 is 4.42 Å². The third-order valence-electron chi connectivity index (χ3n) is 2.19. The molecule has 1 aromatic carbocycles. The van der Waals surface area contributed by atoms with Gasteiger partial charge >= 0.3 is 0 Å². The van der Waals surface area contributed by atoms with E-state index >= 15 is 0 Å². The van der Waals surface area contributed by atoms with Crippen LogP contribution in [0.15, 0.2) is 47.1 Å². The number of rotatable bonds is 2. The molecule has 0 aliphatic carbocycles. The molecule has 0 saturated heterocycles. The normalized spacial score (nSPS) is 10.5. The fraction of sp³-hybridized carbons (Fsp3) is 0. The maximum atomic E-state index is 5.53. The van der Waals surface area contributed by atoms with Crippen LogP contribution in [-0.4, -0.2) is 20.4 Å². The molecule has 0 radical (unpaired) electrons. The highest BCUT2D eigenvalue weighted by molar-refractivity contribution is 5.56. The zero-order chi connectivity index (χ0) is 10.8. The van der Waals surface area contributed by atoms with Crippen molar-refractivity contribution in [3.05, 3.63) is 42.7 Å². The minimum atomic E-state index is 0.465. The van der Waals surface area contributed by atoms with E-state index in [-0.39, 0.29) is 0 Å². The second kappa shape index (κ2) is 3.62. The second-order valence-corrected chi connectivity index (χ2v) is 3.27. The van der Waals surface area contributed by atoms with E-state index in [1.807, 2.05) is 30.3 Å². The molecule has 5 nitrogen and oxygen atoms in total. The van der Waals surface area contributed by atoms with Crippen LogP contribution in [-0.2, 0) is 0 Å². The molecule has 16 heavy (non-hydrogen) atoms. The number of hydrogen-bond donors (Lipinski definition) is 1. The van der Waals surface area contributed by atoms with Crippen LogP contribution < -0.4 is 0 Å². The average molecular weight is 212 g/mol. The van der Waals surface area contributed by atoms with Gasteiger partial charge in [-0.05, 0) is 12.1 Å². The van der Waals surface area contributed by atoms with Crippen LogP contribution in [0.4, 0.5) is 0 Å². The van der Waals surface area contributed by atoms with Crippen LogP contribution in [0, 0.1) is 0 Å². The van der Waals surface area contributed by atoms with E-state index in [1.54, 1.807) is 12.4 Å². The molecule has 5 heteroatoms. The molecule has 2 aromatic heterocycles. The van der Waals surface area contributed by atoms with Gasteiger partial charge in [0.25, 0.3) is 5.89 Å². The first-order valence-corrected chi connectivity index (χ1v) is 4.81. The highest BCUT2D eigenvalue weighted by Crippen LogP contribution is 2.22. The number of benzene rings is 1. The molecule has 0 aliphatic rings. The lowest BCUT2D eigenvalue weighted by Gasteiger charge is -1.91. The van der Waals surface area contributed by atoms with Gasteiger partial charge in [0.1, 0.15) is 0 Å². The van der Waals surface area contributed by atoms with E-state index in [4.69, 9.17) is 4.42 Å². The fourth-order valence-electron chi connectivity index (χ4n) is 1.41. The lowest BCUT2D eigenvalue weighted by Crippen LogP contribution is -1.75. The van der Waals surface area contributed by atoms with Gasteiger partial charge in [-0.1, -0.05) is 18.2 Å². The first kappa shape index (κ1) is 8.84. The lowest BCUT2D eigenvalue weighted by molar-refractivity contribution is 0.584. The van der Waals surface area contributed by atoms with Gasteiger partial charge < -0.3 is 4.42 Å². The van der Waals surface area contributed by atoms with Crippen molar-refractivity contribution in [2.75, 3.05) is 0 Å². The van der Waals surface area contributed by atoms with Crippen molar-refractivity contribution in [3.63, 3.8) is 0 Å². The standard InChI is InChI=1S/C11H8N4O/c1-2-4-8(5-3-1)10-14-15-11(16-10)9-6-12-13-7-9/h1-7H,(H,12,13). The summed E-state index contributed by atoms with van der Waals surface area (Å²) in [6.07, 6.45) is 3.35. The number of nitrogens with zero attached hydrogens (tertiary/aromatic N) is 3. The van der Waals surface area contributed by atoms with Crippen molar-refractivity contribution in [2.24, 2.45) is 0 Å². The SMILES string of the molecule is c1ccc(-c2nnc(-c3cn[nH]c3)o2)cc1. The third kappa shape index (κ3) is 1.48. The van der Waals surface area contributed by atoms with Gasteiger partial charge in [0.05, 0.1) is 11.8 Å². The van der Waals surface area contributed by atoms with Gasteiger partial charge in [0, 0.05) is 11.8 Å². The van der Waals surface area contributed by atoms with Gasteiger partial charge in [-0.25, -0.2) is 0 Å². The van der Waals surface area contributed by atoms with Gasteiger partial charge in [-0.2, -0.15) is 5.10 Å². The van der Waals surface area contributed by atoms with E-state index in [0.717, 1.165) is 11.1 Å². The van der Waals surface area contributed by atoms with Crippen molar-refractivity contribution in [2.45, 2.75) is 0 Å². The number of H-pyrrole nitrogens is 1. The summed E-state index contributed by atoms with van der Waals surface area (Å²) in [6, 6.07) is 9.64. The first-order chi connectivity index (χ1) is 7.93. The predicted octanol–water partition coefficient (Wildman–Crippen LogP) is 2.13. The Morgan fingerprint density at radius 1 is 0.938 bits per heavy atom. The highest BCUT2D eigenvalue weighted by Gasteiger charge is 2.10. The van der Waals surface area contributed by atoms with Crippen molar-refractivity contribution >= 4 is 0 Å². The minimum Gasteiger partial charge on any atom is -0.416 e. The summed E-state index contributed by atoms with van der Waals surface area (Å²) in [5, 5.41) is 14.5. The average Bonchev–Trinajstić information content (AvgIpc) is 3.01. The molecular weight excluding hydrogens is 204 g/mol. The largest absolute Gasteiger partial charge is 0.416 e. The summed E-state index contributed by atoms with van der Waals surface area (Å²) >= 11 is 0. The Hall–Kier alpha value is -2.43. The first-order valence-electron chi connectivity index (χ1n) is 4.81. The van der Waals surface area contributed by atoms with Crippen molar-refractivity contribution in [3.8, 4) is 22.9 Å². The maximum Gasteiger partial charge on any atom is 0.251 e. The Morgan fingerprint density at radius 3 is 2.38 bits per heavy atom. The minimum absolute atomic E-state index is 0.465. The van der Waals surface area contributed by atoms with Gasteiger partial charge in [-0.3, -0.25) is 5.10 Å². The van der Waals surface area contributed by atoms with Crippen LogP contribution >= 0.6 is 0 Å². The molecule has 0 saturated carbocycles. The molecule has 0 amide bonds. The quantitative estimate of drug-likeness (QED) is 0.706. The lowest BCUT2D eigenvalue weighted by atomic mass is 10.2. The molecule has 3 rings (SSSR count). The zero-order valence-corrected chi connectivity index (χ0v) is 8.29. The topological polar surface area (TPSA) is 67.6 Å². The fourth-order valence-corrected chi connectivity index (χ4v) is 1.41. The molecule has 0 unspecified atom stereocenters. The van der Waals surface area contributed by atoms with E-state index in [1.165, 1.54) is 0 Å². The van der Waals surface area contributed by atoms with Crippen molar-refractivity contribution in [1.82, 2.24) is 20.4 Å². The van der Waals surface area contributed by atoms with Crippen LogP contribution in [0.25, 0.3) is 22.9 Å². The summed E-state index contributed by atoms with van der Waals surface area (Å²) in [5.41, 5.74) is 1.69. The predicted molar refractivity (Wildman–Crippen MR) is 57.3 cm³/mol. The van der Waals surface area contributed by atoms with Gasteiger partial charge in [0.2, 0.25) is 5.89 Å². The third-order valence-corrected chi connectivity index (χ3v) is 2.19. The van der Waals surface area contributed by atoms with Gasteiger partial charge in [0.15, 0.2) is 0 Å². The molecule has 3 aromatic rings. The molecule has 0 aliphatic heterocycles. The number of nitrogens with one attached hydrogen (secondary N) is 1. The molecule has 0 fully saturated rings. The molecule has 78 valence electrons. The summed E-state index contributed by atoms with van der Waals surface area (Å²) in [4.78, 5) is 0. The Balaban J connectivity index is 2.00. The summed E-state index contributed by atoms with van der Waals surface area (Å²) in [5.74, 6) is 0.976. The number of hydrogen-bond acceptors (Lipinski definition) is 4.